The zero-order valence-corrected chi connectivity index (χ0v) is 12.6. The number of carbonyl (C=O) groups excluding carboxylic acids is 3. The lowest BCUT2D eigenvalue weighted by atomic mass is 10.0. The lowest BCUT2D eigenvalue weighted by Gasteiger charge is -2.10. The van der Waals surface area contributed by atoms with Crippen molar-refractivity contribution < 1.29 is 24.2 Å². The molecule has 0 aliphatic rings. The van der Waals surface area contributed by atoms with Crippen LogP contribution in [0, 0.1) is 0 Å². The van der Waals surface area contributed by atoms with Gasteiger partial charge in [0.15, 0.2) is 0 Å². The highest BCUT2D eigenvalue weighted by molar-refractivity contribution is 6.13. The molecule has 118 valence electrons. The molecule has 2 aromatic carbocycles. The highest BCUT2D eigenvalue weighted by Gasteiger charge is 2.19. The normalized spacial score (nSPS) is 10.0. The monoisotopic (exact) mass is 313 g/mol. The number of esters is 1. The van der Waals surface area contributed by atoms with Gasteiger partial charge in [-0.25, -0.2) is 0 Å². The average molecular weight is 313 g/mol. The van der Waals surface area contributed by atoms with Crippen molar-refractivity contribution in [1.29, 1.82) is 0 Å². The Morgan fingerprint density at radius 3 is 2.35 bits per heavy atom. The van der Waals surface area contributed by atoms with Gasteiger partial charge in [0.05, 0.1) is 11.1 Å². The summed E-state index contributed by atoms with van der Waals surface area (Å²) in [7, 11) is 0. The van der Waals surface area contributed by atoms with Crippen molar-refractivity contribution >= 4 is 23.3 Å². The maximum Gasteiger partial charge on any atom is 0.308 e. The highest BCUT2D eigenvalue weighted by Crippen LogP contribution is 2.28. The Balaban J connectivity index is 2.45. The van der Waals surface area contributed by atoms with Crippen molar-refractivity contribution in [3.8, 4) is 11.5 Å². The van der Waals surface area contributed by atoms with E-state index in [9.17, 15) is 19.5 Å². The molecule has 6 nitrogen and oxygen atoms in total. The number of rotatable bonds is 4. The maximum atomic E-state index is 12.6. The molecular formula is C17H15NO5. The molecule has 0 spiro atoms. The number of para-hydroxylation sites is 1. The van der Waals surface area contributed by atoms with E-state index >= 15 is 0 Å². The Bertz CT molecular complexity index is 782. The topological polar surface area (TPSA) is 92.7 Å². The van der Waals surface area contributed by atoms with Gasteiger partial charge in [-0.15, -0.1) is 0 Å². The van der Waals surface area contributed by atoms with Crippen LogP contribution in [0.15, 0.2) is 42.5 Å². The molecule has 0 bridgehead atoms. The summed E-state index contributed by atoms with van der Waals surface area (Å²) in [5, 5.41) is 12.5. The molecule has 0 atom stereocenters. The molecule has 0 unspecified atom stereocenters. The second-order valence-corrected chi connectivity index (χ2v) is 4.83. The predicted molar refractivity (Wildman–Crippen MR) is 83.6 cm³/mol. The number of nitrogens with one attached hydrogen (secondary N) is 1. The SMILES string of the molecule is CC(=O)Nc1ccc(O)c(C(=O)c2ccccc2OC(C)=O)c1. The molecule has 0 heterocycles. The number of hydrogen-bond acceptors (Lipinski definition) is 5. The summed E-state index contributed by atoms with van der Waals surface area (Å²) < 4.78 is 5.01. The molecule has 2 rings (SSSR count). The number of phenolic OH excluding ortho intramolecular Hbond substituents is 1. The standard InChI is InChI=1S/C17H15NO5/c1-10(19)18-12-7-8-15(21)14(9-12)17(22)13-5-3-4-6-16(13)23-11(2)20/h3-9,21H,1-2H3,(H,18,19). The van der Waals surface area contributed by atoms with Gasteiger partial charge in [-0.2, -0.15) is 0 Å². The third kappa shape index (κ3) is 3.94. The van der Waals surface area contributed by atoms with Gasteiger partial charge in [0, 0.05) is 19.5 Å². The molecule has 2 N–H and O–H groups in total. The average Bonchev–Trinajstić information content (AvgIpc) is 2.48. The van der Waals surface area contributed by atoms with Crippen LogP contribution in [0.5, 0.6) is 11.5 Å². The summed E-state index contributed by atoms with van der Waals surface area (Å²) in [6.45, 7) is 2.57. The van der Waals surface area contributed by atoms with Gasteiger partial charge >= 0.3 is 5.97 Å². The van der Waals surface area contributed by atoms with Crippen LogP contribution in [-0.2, 0) is 9.59 Å². The first-order valence-electron chi connectivity index (χ1n) is 6.81. The maximum absolute atomic E-state index is 12.6. The minimum absolute atomic E-state index is 0.00384. The van der Waals surface area contributed by atoms with E-state index in [0.717, 1.165) is 0 Å². The second kappa shape index (κ2) is 6.74. The fourth-order valence-electron chi connectivity index (χ4n) is 2.04. The number of phenols is 1. The summed E-state index contributed by atoms with van der Waals surface area (Å²) in [6.07, 6.45) is 0. The summed E-state index contributed by atoms with van der Waals surface area (Å²) in [6, 6.07) is 10.4. The van der Waals surface area contributed by atoms with Crippen LogP contribution in [-0.4, -0.2) is 22.8 Å². The van der Waals surface area contributed by atoms with Gasteiger partial charge in [-0.05, 0) is 30.3 Å². The molecule has 1 amide bonds. The van der Waals surface area contributed by atoms with Crippen LogP contribution in [0.3, 0.4) is 0 Å². The molecule has 23 heavy (non-hydrogen) atoms. The molecule has 0 aliphatic carbocycles. The van der Waals surface area contributed by atoms with Gasteiger partial charge < -0.3 is 15.2 Å². The van der Waals surface area contributed by atoms with Gasteiger partial charge in [-0.3, -0.25) is 14.4 Å². The predicted octanol–water partition coefficient (Wildman–Crippen LogP) is 2.51. The zero-order chi connectivity index (χ0) is 17.0. The summed E-state index contributed by atoms with van der Waals surface area (Å²) >= 11 is 0. The van der Waals surface area contributed by atoms with E-state index in [4.69, 9.17) is 4.74 Å². The van der Waals surface area contributed by atoms with E-state index in [1.165, 1.54) is 44.2 Å². The first-order chi connectivity index (χ1) is 10.9. The fraction of sp³-hybridized carbons (Fsp3) is 0.118. The number of hydrogen-bond donors (Lipinski definition) is 2. The molecule has 0 saturated carbocycles. The van der Waals surface area contributed by atoms with E-state index in [1.807, 2.05) is 0 Å². The molecule has 0 saturated heterocycles. The highest BCUT2D eigenvalue weighted by atomic mass is 16.5. The van der Waals surface area contributed by atoms with Gasteiger partial charge in [0.2, 0.25) is 11.7 Å². The van der Waals surface area contributed by atoms with Crippen molar-refractivity contribution in [2.45, 2.75) is 13.8 Å². The summed E-state index contributed by atoms with van der Waals surface area (Å²) in [5.41, 5.74) is 0.512. The summed E-state index contributed by atoms with van der Waals surface area (Å²) in [5.74, 6) is -1.50. The minimum Gasteiger partial charge on any atom is -0.507 e. The van der Waals surface area contributed by atoms with E-state index in [-0.39, 0.29) is 28.5 Å². The third-order valence-electron chi connectivity index (χ3n) is 2.95. The second-order valence-electron chi connectivity index (χ2n) is 4.83. The number of benzene rings is 2. The number of anilines is 1. The molecule has 6 heteroatoms. The first kappa shape index (κ1) is 16.2. The van der Waals surface area contributed by atoms with Crippen LogP contribution in [0.25, 0.3) is 0 Å². The molecule has 2 aromatic rings. The van der Waals surface area contributed by atoms with E-state index < -0.39 is 11.8 Å². The van der Waals surface area contributed by atoms with Crippen molar-refractivity contribution in [2.24, 2.45) is 0 Å². The minimum atomic E-state index is -0.554. The number of amides is 1. The smallest absolute Gasteiger partial charge is 0.308 e. The number of ketones is 1. The van der Waals surface area contributed by atoms with Crippen molar-refractivity contribution in [3.05, 3.63) is 53.6 Å². The Morgan fingerprint density at radius 1 is 1.00 bits per heavy atom. The molecular weight excluding hydrogens is 298 g/mol. The number of carbonyl (C=O) groups is 3. The van der Waals surface area contributed by atoms with Crippen molar-refractivity contribution in [3.63, 3.8) is 0 Å². The lowest BCUT2D eigenvalue weighted by Crippen LogP contribution is -2.10. The molecule has 0 fully saturated rings. The van der Waals surface area contributed by atoms with Crippen LogP contribution in [0.4, 0.5) is 5.69 Å². The van der Waals surface area contributed by atoms with E-state index in [0.29, 0.717) is 5.69 Å². The third-order valence-corrected chi connectivity index (χ3v) is 2.95. The van der Waals surface area contributed by atoms with Gasteiger partial charge in [-0.1, -0.05) is 12.1 Å². The molecule has 0 aromatic heterocycles. The van der Waals surface area contributed by atoms with E-state index in [2.05, 4.69) is 5.32 Å². The van der Waals surface area contributed by atoms with Crippen molar-refractivity contribution in [2.75, 3.05) is 5.32 Å². The largest absolute Gasteiger partial charge is 0.507 e. The van der Waals surface area contributed by atoms with Crippen LogP contribution in [0.1, 0.15) is 29.8 Å². The number of ether oxygens (including phenoxy) is 1. The fourth-order valence-corrected chi connectivity index (χ4v) is 2.04. The Morgan fingerprint density at radius 2 is 1.70 bits per heavy atom. The summed E-state index contributed by atoms with van der Waals surface area (Å²) in [4.78, 5) is 34.9. The Labute approximate surface area is 132 Å². The number of aromatic hydroxyl groups is 1. The first-order valence-corrected chi connectivity index (χ1v) is 6.81. The van der Waals surface area contributed by atoms with Gasteiger partial charge in [0.25, 0.3) is 0 Å². The quantitative estimate of drug-likeness (QED) is 0.391. The lowest BCUT2D eigenvalue weighted by molar-refractivity contribution is -0.131. The van der Waals surface area contributed by atoms with Crippen LogP contribution < -0.4 is 10.1 Å². The van der Waals surface area contributed by atoms with Crippen LogP contribution >= 0.6 is 0 Å². The molecule has 0 aliphatic heterocycles. The van der Waals surface area contributed by atoms with E-state index in [1.54, 1.807) is 12.1 Å². The van der Waals surface area contributed by atoms with Gasteiger partial charge in [0.1, 0.15) is 11.5 Å². The zero-order valence-electron chi connectivity index (χ0n) is 12.6. The molecule has 0 radical (unpaired) electrons. The van der Waals surface area contributed by atoms with Crippen LogP contribution in [0.2, 0.25) is 0 Å². The Hall–Kier alpha value is -3.15. The van der Waals surface area contributed by atoms with Crippen molar-refractivity contribution in [1.82, 2.24) is 0 Å². The Kier molecular flexibility index (Phi) is 4.75.